The molecule has 0 fully saturated rings. The number of amidine groups is 1. The van der Waals surface area contributed by atoms with Gasteiger partial charge in [0, 0.05) is 6.54 Å². The van der Waals surface area contributed by atoms with Crippen LogP contribution in [0.3, 0.4) is 0 Å². The fourth-order valence-corrected chi connectivity index (χ4v) is 3.09. The van der Waals surface area contributed by atoms with Gasteiger partial charge in [-0.15, -0.1) is 0 Å². The monoisotopic (exact) mass is 341 g/mol. The molecule has 0 aromatic heterocycles. The molecule has 0 spiro atoms. The van der Waals surface area contributed by atoms with Crippen LogP contribution in [0.2, 0.25) is 0 Å². The first-order valence-electron chi connectivity index (χ1n) is 8.08. The third-order valence-corrected chi connectivity index (χ3v) is 4.34. The third-order valence-electron chi connectivity index (χ3n) is 4.34. The Morgan fingerprint density at radius 2 is 2.04 bits per heavy atom. The van der Waals surface area contributed by atoms with Crippen molar-refractivity contribution in [3.05, 3.63) is 65.0 Å². The summed E-state index contributed by atoms with van der Waals surface area (Å²) in [6.45, 7) is 2.36. The van der Waals surface area contributed by atoms with Crippen LogP contribution in [0.25, 0.3) is 0 Å². The average molecular weight is 341 g/mol. The van der Waals surface area contributed by atoms with Gasteiger partial charge in [0.05, 0.1) is 23.5 Å². The van der Waals surface area contributed by atoms with E-state index in [-0.39, 0.29) is 5.82 Å². The number of hydrogen-bond acceptors (Lipinski definition) is 3. The summed E-state index contributed by atoms with van der Waals surface area (Å²) < 4.78 is 12.9. The second-order valence-electron chi connectivity index (χ2n) is 6.21. The van der Waals surface area contributed by atoms with Gasteiger partial charge in [-0.25, -0.2) is 9.38 Å². The number of hydrogen-bond donors (Lipinski definition) is 3. The van der Waals surface area contributed by atoms with E-state index in [1.54, 1.807) is 18.2 Å². The van der Waals surface area contributed by atoms with Crippen LogP contribution in [0.5, 0.6) is 0 Å². The number of nitrogens with two attached hydrogens (primary N) is 1. The van der Waals surface area contributed by atoms with E-state index < -0.39 is 17.9 Å². The third kappa shape index (κ3) is 3.85. The van der Waals surface area contributed by atoms with Gasteiger partial charge < -0.3 is 16.2 Å². The zero-order chi connectivity index (χ0) is 18.0. The Labute approximate surface area is 145 Å². The molecule has 0 bridgehead atoms. The quantitative estimate of drug-likeness (QED) is 0.588. The summed E-state index contributed by atoms with van der Waals surface area (Å²) in [5.74, 6) is -0.784. The summed E-state index contributed by atoms with van der Waals surface area (Å²) in [5, 5.41) is 13.2. The summed E-state index contributed by atoms with van der Waals surface area (Å²) in [5.41, 5.74) is 8.70. The molecule has 2 aromatic rings. The highest BCUT2D eigenvalue weighted by Crippen LogP contribution is 2.35. The van der Waals surface area contributed by atoms with Crippen LogP contribution in [-0.4, -0.2) is 23.0 Å². The molecule has 0 aliphatic heterocycles. The minimum absolute atomic E-state index is 0.265. The summed E-state index contributed by atoms with van der Waals surface area (Å²) in [6, 6.07) is 11.8. The van der Waals surface area contributed by atoms with Gasteiger partial charge in [-0.3, -0.25) is 4.79 Å². The highest BCUT2D eigenvalue weighted by atomic mass is 19.1. The molecule has 2 unspecified atom stereocenters. The number of amides is 1. The summed E-state index contributed by atoms with van der Waals surface area (Å²) in [4.78, 5) is 16.1. The number of nitrogens with zero attached hydrogens (tertiary/aromatic N) is 1. The molecule has 1 aliphatic rings. The Morgan fingerprint density at radius 3 is 2.72 bits per heavy atom. The van der Waals surface area contributed by atoms with Gasteiger partial charge in [0.1, 0.15) is 5.82 Å². The Kier molecular flexibility index (Phi) is 4.81. The Hall–Kier alpha value is -2.73. The number of carbonyl (C=O) groups is 1. The van der Waals surface area contributed by atoms with Gasteiger partial charge >= 0.3 is 0 Å². The maximum Gasteiger partial charge on any atom is 0.227 e. The van der Waals surface area contributed by atoms with Crippen molar-refractivity contribution in [3.63, 3.8) is 0 Å². The molecule has 0 saturated carbocycles. The van der Waals surface area contributed by atoms with Gasteiger partial charge in [0.2, 0.25) is 5.91 Å². The lowest BCUT2D eigenvalue weighted by atomic mass is 9.99. The van der Waals surface area contributed by atoms with Crippen molar-refractivity contribution < 1.29 is 14.3 Å². The Morgan fingerprint density at radius 1 is 1.32 bits per heavy atom. The molecule has 2 aromatic carbocycles. The Bertz CT molecular complexity index is 818. The molecule has 0 saturated heterocycles. The highest BCUT2D eigenvalue weighted by Gasteiger charge is 2.35. The van der Waals surface area contributed by atoms with E-state index in [9.17, 15) is 14.3 Å². The zero-order valence-corrected chi connectivity index (χ0v) is 13.9. The lowest BCUT2D eigenvalue weighted by molar-refractivity contribution is -0.121. The van der Waals surface area contributed by atoms with Gasteiger partial charge in [-0.2, -0.15) is 0 Å². The number of fused-ring (bicyclic) bond motifs is 1. The minimum Gasteiger partial charge on any atom is -0.392 e. The molecule has 1 aliphatic carbocycles. The largest absolute Gasteiger partial charge is 0.392 e. The predicted octanol–water partition coefficient (Wildman–Crippen LogP) is 2.15. The number of carbonyl (C=O) groups excluding carboxylic acids is 1. The molecule has 2 atom stereocenters. The molecule has 6 heteroatoms. The second-order valence-corrected chi connectivity index (χ2v) is 6.21. The number of aliphatic hydroxyl groups excluding tert-OH is 1. The highest BCUT2D eigenvalue weighted by molar-refractivity contribution is 5.85. The first-order chi connectivity index (χ1) is 11.9. The van der Waals surface area contributed by atoms with Gasteiger partial charge in [0.15, 0.2) is 0 Å². The van der Waals surface area contributed by atoms with Gasteiger partial charge in [-0.1, -0.05) is 18.2 Å². The predicted molar refractivity (Wildman–Crippen MR) is 94.1 cm³/mol. The van der Waals surface area contributed by atoms with Crippen molar-refractivity contribution in [1.29, 1.82) is 0 Å². The van der Waals surface area contributed by atoms with Crippen molar-refractivity contribution in [2.45, 2.75) is 31.9 Å². The minimum atomic E-state index is -0.774. The molecule has 0 radical (unpaired) electrons. The molecular formula is C19H20FN3O2. The molecule has 25 heavy (non-hydrogen) atoms. The van der Waals surface area contributed by atoms with E-state index in [2.05, 4.69) is 10.3 Å². The van der Waals surface area contributed by atoms with Crippen molar-refractivity contribution in [3.8, 4) is 0 Å². The average Bonchev–Trinajstić information content (AvgIpc) is 2.89. The van der Waals surface area contributed by atoms with Crippen LogP contribution in [-0.2, 0) is 17.8 Å². The molecule has 5 nitrogen and oxygen atoms in total. The number of halogens is 1. The SMILES string of the molecule is CC(=Nc1ccc2c(c1)C(C(N)=O)C(O)C2)NCc1ccc(F)cc1. The Balaban J connectivity index is 1.73. The summed E-state index contributed by atoms with van der Waals surface area (Å²) >= 11 is 0. The van der Waals surface area contributed by atoms with Crippen LogP contribution in [0.1, 0.15) is 29.5 Å². The van der Waals surface area contributed by atoms with Crippen LogP contribution in [0.4, 0.5) is 10.1 Å². The molecular weight excluding hydrogens is 321 g/mol. The molecule has 3 rings (SSSR count). The molecule has 130 valence electrons. The summed E-state index contributed by atoms with van der Waals surface area (Å²) in [7, 11) is 0. The maximum absolute atomic E-state index is 12.9. The number of benzene rings is 2. The fourth-order valence-electron chi connectivity index (χ4n) is 3.09. The van der Waals surface area contributed by atoms with Crippen molar-refractivity contribution in [2.75, 3.05) is 0 Å². The van der Waals surface area contributed by atoms with E-state index in [0.29, 0.717) is 24.5 Å². The number of primary amides is 1. The zero-order valence-electron chi connectivity index (χ0n) is 13.9. The van der Waals surface area contributed by atoms with E-state index >= 15 is 0 Å². The first-order valence-corrected chi connectivity index (χ1v) is 8.08. The van der Waals surface area contributed by atoms with E-state index in [1.807, 2.05) is 19.1 Å². The fraction of sp³-hybridized carbons (Fsp3) is 0.263. The maximum atomic E-state index is 12.9. The van der Waals surface area contributed by atoms with Crippen LogP contribution in [0, 0.1) is 5.82 Å². The first kappa shape index (κ1) is 17.1. The number of rotatable bonds is 4. The van der Waals surface area contributed by atoms with E-state index in [1.165, 1.54) is 12.1 Å². The smallest absolute Gasteiger partial charge is 0.227 e. The molecule has 1 amide bonds. The topological polar surface area (TPSA) is 87.7 Å². The van der Waals surface area contributed by atoms with Crippen LogP contribution < -0.4 is 11.1 Å². The summed E-state index contributed by atoms with van der Waals surface area (Å²) in [6.07, 6.45) is -0.348. The number of nitrogens with one attached hydrogen (secondary N) is 1. The number of aliphatic hydroxyl groups is 1. The van der Waals surface area contributed by atoms with Crippen LogP contribution in [0.15, 0.2) is 47.5 Å². The van der Waals surface area contributed by atoms with Crippen molar-refractivity contribution in [1.82, 2.24) is 5.32 Å². The number of aliphatic imine (C=N–C) groups is 1. The normalized spacial score (nSPS) is 19.6. The van der Waals surface area contributed by atoms with Gasteiger partial charge in [0.25, 0.3) is 0 Å². The second kappa shape index (κ2) is 7.03. The van der Waals surface area contributed by atoms with Crippen molar-refractivity contribution in [2.24, 2.45) is 10.7 Å². The molecule has 0 heterocycles. The van der Waals surface area contributed by atoms with Gasteiger partial charge in [-0.05, 0) is 54.3 Å². The molecule has 4 N–H and O–H groups in total. The standard InChI is InChI=1S/C19H20FN3O2/c1-11(22-10-12-2-5-14(20)6-3-12)23-15-7-4-13-8-17(24)18(19(21)25)16(13)9-15/h2-7,9,17-18,24H,8,10H2,1H3,(H2,21,25)(H,22,23). The lowest BCUT2D eigenvalue weighted by Gasteiger charge is -2.11. The van der Waals surface area contributed by atoms with E-state index in [4.69, 9.17) is 5.73 Å². The lowest BCUT2D eigenvalue weighted by Crippen LogP contribution is -2.28. The van der Waals surface area contributed by atoms with Crippen molar-refractivity contribution >= 4 is 17.4 Å². The van der Waals surface area contributed by atoms with E-state index in [0.717, 1.165) is 16.7 Å². The van der Waals surface area contributed by atoms with Crippen LogP contribution >= 0.6 is 0 Å².